The van der Waals surface area contributed by atoms with Crippen LogP contribution in [0, 0.1) is 18.3 Å². The Morgan fingerprint density at radius 3 is 2.84 bits per heavy atom. The first kappa shape index (κ1) is 11.7. The average molecular weight is 269 g/mol. The van der Waals surface area contributed by atoms with Gasteiger partial charge >= 0.3 is 0 Å². The highest BCUT2D eigenvalue weighted by Gasteiger charge is 2.14. The second-order valence-corrected chi connectivity index (χ2v) is 4.54. The molecule has 92 valence electrons. The van der Waals surface area contributed by atoms with E-state index in [1.165, 1.54) is 6.20 Å². The fourth-order valence-corrected chi connectivity index (χ4v) is 2.29. The Balaban J connectivity index is 2.28. The third-order valence-electron chi connectivity index (χ3n) is 2.98. The van der Waals surface area contributed by atoms with Crippen molar-refractivity contribution in [3.63, 3.8) is 0 Å². The molecular formula is C14H9ClN4. The van der Waals surface area contributed by atoms with E-state index in [9.17, 15) is 0 Å². The third kappa shape index (κ3) is 1.85. The van der Waals surface area contributed by atoms with Crippen molar-refractivity contribution in [2.45, 2.75) is 6.92 Å². The zero-order chi connectivity index (χ0) is 13.4. The number of aromatic amines is 1. The van der Waals surface area contributed by atoms with Gasteiger partial charge in [-0.25, -0.2) is 9.97 Å². The highest BCUT2D eigenvalue weighted by atomic mass is 35.5. The van der Waals surface area contributed by atoms with Gasteiger partial charge in [-0.3, -0.25) is 0 Å². The zero-order valence-corrected chi connectivity index (χ0v) is 10.9. The van der Waals surface area contributed by atoms with Crippen LogP contribution in [-0.2, 0) is 0 Å². The van der Waals surface area contributed by atoms with E-state index in [1.807, 2.05) is 37.3 Å². The number of aromatic nitrogens is 3. The van der Waals surface area contributed by atoms with Crippen LogP contribution in [0.1, 0.15) is 11.3 Å². The summed E-state index contributed by atoms with van der Waals surface area (Å²) in [6, 6.07) is 9.89. The molecule has 1 N–H and O–H groups in total. The lowest BCUT2D eigenvalue weighted by Gasteiger charge is -2.01. The van der Waals surface area contributed by atoms with Gasteiger partial charge in [0.1, 0.15) is 11.6 Å². The van der Waals surface area contributed by atoms with Gasteiger partial charge in [0.25, 0.3) is 0 Å². The van der Waals surface area contributed by atoms with E-state index >= 15 is 0 Å². The van der Waals surface area contributed by atoms with Crippen molar-refractivity contribution in [3.8, 4) is 17.5 Å². The Labute approximate surface area is 114 Å². The maximum absolute atomic E-state index is 8.85. The molecule has 0 radical (unpaired) electrons. The Morgan fingerprint density at radius 1 is 1.32 bits per heavy atom. The molecule has 0 unspecified atom stereocenters. The monoisotopic (exact) mass is 268 g/mol. The number of aryl methyl sites for hydroxylation is 1. The second-order valence-electron chi connectivity index (χ2n) is 4.18. The molecule has 3 rings (SSSR count). The molecule has 4 nitrogen and oxygen atoms in total. The Morgan fingerprint density at radius 2 is 2.11 bits per heavy atom. The number of H-pyrrole nitrogens is 1. The van der Waals surface area contributed by atoms with Gasteiger partial charge in [-0.15, -0.1) is 0 Å². The number of rotatable bonds is 1. The largest absolute Gasteiger partial charge is 0.358 e. The fourth-order valence-electron chi connectivity index (χ4n) is 2.12. The highest BCUT2D eigenvalue weighted by molar-refractivity contribution is 6.30. The summed E-state index contributed by atoms with van der Waals surface area (Å²) in [7, 11) is 0. The van der Waals surface area contributed by atoms with Gasteiger partial charge in [0.15, 0.2) is 11.0 Å². The predicted molar refractivity (Wildman–Crippen MR) is 73.8 cm³/mol. The number of halogens is 1. The summed E-state index contributed by atoms with van der Waals surface area (Å²) >= 11 is 5.97. The molecule has 3 aromatic rings. The van der Waals surface area contributed by atoms with E-state index in [4.69, 9.17) is 16.9 Å². The van der Waals surface area contributed by atoms with Gasteiger partial charge in [0.05, 0.1) is 6.20 Å². The molecule has 0 saturated carbocycles. The van der Waals surface area contributed by atoms with Crippen LogP contribution in [0.3, 0.4) is 0 Å². The Hall–Kier alpha value is -2.38. The number of benzene rings is 1. The van der Waals surface area contributed by atoms with E-state index in [-0.39, 0.29) is 10.7 Å². The minimum absolute atomic E-state index is 0.178. The molecule has 0 aliphatic rings. The number of hydrogen-bond donors (Lipinski definition) is 1. The SMILES string of the molecule is Cc1[nH]c2ccccc2c1-c1ncc(C#N)c(Cl)n1. The third-order valence-corrected chi connectivity index (χ3v) is 3.27. The summed E-state index contributed by atoms with van der Waals surface area (Å²) in [5.41, 5.74) is 3.20. The van der Waals surface area contributed by atoms with Crippen LogP contribution in [-0.4, -0.2) is 15.0 Å². The first-order valence-electron chi connectivity index (χ1n) is 5.71. The summed E-state index contributed by atoms with van der Waals surface area (Å²) in [6.45, 7) is 1.96. The standard InChI is InChI=1S/C14H9ClN4/c1-8-12(10-4-2-3-5-11(10)18-8)14-17-7-9(6-16)13(15)19-14/h2-5,7,18H,1H3. The van der Waals surface area contributed by atoms with Crippen LogP contribution in [0.5, 0.6) is 0 Å². The van der Waals surface area contributed by atoms with Crippen molar-refractivity contribution in [1.82, 2.24) is 15.0 Å². The quantitative estimate of drug-likeness (QED) is 0.687. The van der Waals surface area contributed by atoms with Crippen LogP contribution in [0.4, 0.5) is 0 Å². The minimum Gasteiger partial charge on any atom is -0.358 e. The molecule has 0 aliphatic heterocycles. The number of nitrogens with zero attached hydrogens (tertiary/aromatic N) is 3. The van der Waals surface area contributed by atoms with Crippen LogP contribution >= 0.6 is 11.6 Å². The number of fused-ring (bicyclic) bond motifs is 1. The van der Waals surface area contributed by atoms with E-state index < -0.39 is 0 Å². The van der Waals surface area contributed by atoms with Crippen molar-refractivity contribution in [2.75, 3.05) is 0 Å². The molecule has 5 heteroatoms. The van der Waals surface area contributed by atoms with Crippen molar-refractivity contribution < 1.29 is 0 Å². The molecule has 0 saturated heterocycles. The van der Waals surface area contributed by atoms with Gasteiger partial charge in [-0.05, 0) is 13.0 Å². The number of para-hydroxylation sites is 1. The van der Waals surface area contributed by atoms with E-state index in [0.717, 1.165) is 22.2 Å². The number of hydrogen-bond acceptors (Lipinski definition) is 3. The second kappa shape index (κ2) is 4.38. The van der Waals surface area contributed by atoms with Crippen molar-refractivity contribution in [1.29, 1.82) is 5.26 Å². The first-order chi connectivity index (χ1) is 9.20. The van der Waals surface area contributed by atoms with E-state index in [0.29, 0.717) is 5.82 Å². The minimum atomic E-state index is 0.178. The maximum atomic E-state index is 8.85. The van der Waals surface area contributed by atoms with Crippen molar-refractivity contribution in [2.24, 2.45) is 0 Å². The molecule has 0 atom stereocenters. The van der Waals surface area contributed by atoms with Crippen molar-refractivity contribution >= 4 is 22.5 Å². The van der Waals surface area contributed by atoms with Crippen LogP contribution in [0.2, 0.25) is 5.15 Å². The Kier molecular flexibility index (Phi) is 2.69. The van der Waals surface area contributed by atoms with Gasteiger partial charge in [-0.1, -0.05) is 29.8 Å². The van der Waals surface area contributed by atoms with Gasteiger partial charge in [0, 0.05) is 22.2 Å². The molecule has 2 aromatic heterocycles. The summed E-state index contributed by atoms with van der Waals surface area (Å²) in [6.07, 6.45) is 1.45. The molecule has 0 fully saturated rings. The summed E-state index contributed by atoms with van der Waals surface area (Å²) in [5, 5.41) is 10.1. The van der Waals surface area contributed by atoms with Crippen LogP contribution in [0.25, 0.3) is 22.3 Å². The van der Waals surface area contributed by atoms with Crippen LogP contribution in [0.15, 0.2) is 30.5 Å². The van der Waals surface area contributed by atoms with Gasteiger partial charge in [0.2, 0.25) is 0 Å². The fraction of sp³-hybridized carbons (Fsp3) is 0.0714. The summed E-state index contributed by atoms with van der Waals surface area (Å²) in [5.74, 6) is 0.527. The molecule has 0 aliphatic carbocycles. The van der Waals surface area contributed by atoms with E-state index in [2.05, 4.69) is 15.0 Å². The number of nitriles is 1. The lowest BCUT2D eigenvalue weighted by atomic mass is 10.1. The average Bonchev–Trinajstić information content (AvgIpc) is 2.74. The lowest BCUT2D eigenvalue weighted by molar-refractivity contribution is 1.15. The van der Waals surface area contributed by atoms with E-state index in [1.54, 1.807) is 0 Å². The first-order valence-corrected chi connectivity index (χ1v) is 6.09. The molecule has 0 bridgehead atoms. The smallest absolute Gasteiger partial charge is 0.163 e. The predicted octanol–water partition coefficient (Wildman–Crippen LogP) is 3.46. The maximum Gasteiger partial charge on any atom is 0.163 e. The number of nitrogens with one attached hydrogen (secondary N) is 1. The van der Waals surface area contributed by atoms with Crippen molar-refractivity contribution in [3.05, 3.63) is 46.9 Å². The van der Waals surface area contributed by atoms with Gasteiger partial charge in [-0.2, -0.15) is 5.26 Å². The normalized spacial score (nSPS) is 10.6. The van der Waals surface area contributed by atoms with Gasteiger partial charge < -0.3 is 4.98 Å². The molecule has 1 aromatic carbocycles. The molecular weight excluding hydrogens is 260 g/mol. The lowest BCUT2D eigenvalue weighted by Crippen LogP contribution is -1.93. The molecule has 0 spiro atoms. The zero-order valence-electron chi connectivity index (χ0n) is 10.1. The molecule has 19 heavy (non-hydrogen) atoms. The Bertz CT molecular complexity index is 814. The summed E-state index contributed by atoms with van der Waals surface area (Å²) in [4.78, 5) is 11.7. The summed E-state index contributed by atoms with van der Waals surface area (Å²) < 4.78 is 0. The molecule has 0 amide bonds. The van der Waals surface area contributed by atoms with Crippen LogP contribution < -0.4 is 0 Å². The molecule has 2 heterocycles. The highest BCUT2D eigenvalue weighted by Crippen LogP contribution is 2.30. The topological polar surface area (TPSA) is 65.4 Å².